The first-order valence-corrected chi connectivity index (χ1v) is 5.37. The lowest BCUT2D eigenvalue weighted by atomic mass is 9.99. The third-order valence-corrected chi connectivity index (χ3v) is 2.30. The number of esters is 1. The zero-order valence-corrected chi connectivity index (χ0v) is 9.77. The molecule has 0 aliphatic carbocycles. The van der Waals surface area contributed by atoms with E-state index in [0.717, 1.165) is 19.3 Å². The molecule has 0 heterocycles. The number of rotatable bonds is 7. The molecule has 4 nitrogen and oxygen atoms in total. The van der Waals surface area contributed by atoms with Gasteiger partial charge >= 0.3 is 5.97 Å². The van der Waals surface area contributed by atoms with E-state index in [2.05, 4.69) is 23.7 Å². The number of hydrogen-bond acceptors (Lipinski definition) is 4. The molecule has 0 amide bonds. The number of ether oxygens (including phenoxy) is 1. The van der Waals surface area contributed by atoms with Crippen molar-refractivity contribution in [2.75, 3.05) is 7.11 Å². The van der Waals surface area contributed by atoms with Gasteiger partial charge in [0, 0.05) is 0 Å². The van der Waals surface area contributed by atoms with Crippen LogP contribution in [-0.4, -0.2) is 24.5 Å². The molecule has 88 valence electrons. The first-order valence-electron chi connectivity index (χ1n) is 5.37. The summed E-state index contributed by atoms with van der Waals surface area (Å²) in [4.78, 5) is 11.2. The third-order valence-electron chi connectivity index (χ3n) is 2.30. The maximum atomic E-state index is 11.2. The lowest BCUT2D eigenvalue weighted by Gasteiger charge is -2.09. The second-order valence-electron chi connectivity index (χ2n) is 4.07. The minimum Gasteiger partial charge on any atom is -0.469 e. The summed E-state index contributed by atoms with van der Waals surface area (Å²) >= 11 is 0. The van der Waals surface area contributed by atoms with Gasteiger partial charge in [-0.05, 0) is 12.3 Å². The maximum Gasteiger partial charge on any atom is 0.314 e. The molecule has 4 heteroatoms. The Labute approximate surface area is 91.3 Å². The van der Waals surface area contributed by atoms with E-state index in [4.69, 9.17) is 5.21 Å². The van der Waals surface area contributed by atoms with Gasteiger partial charge in [0.1, 0.15) is 0 Å². The monoisotopic (exact) mass is 215 g/mol. The fraction of sp³-hybridized carbons (Fsp3) is 0.818. The van der Waals surface area contributed by atoms with E-state index in [1.165, 1.54) is 13.3 Å². The minimum absolute atomic E-state index is 0.336. The van der Waals surface area contributed by atoms with Gasteiger partial charge in [0.15, 0.2) is 0 Å². The van der Waals surface area contributed by atoms with E-state index in [9.17, 15) is 4.79 Å². The minimum atomic E-state index is -0.410. The van der Waals surface area contributed by atoms with E-state index in [1.807, 2.05) is 0 Å². The number of oxime groups is 1. The topological polar surface area (TPSA) is 58.9 Å². The summed E-state index contributed by atoms with van der Waals surface area (Å²) in [6, 6.07) is 0. The van der Waals surface area contributed by atoms with Gasteiger partial charge in [0.05, 0.1) is 19.2 Å². The first kappa shape index (κ1) is 13.9. The van der Waals surface area contributed by atoms with Crippen LogP contribution >= 0.6 is 0 Å². The van der Waals surface area contributed by atoms with Gasteiger partial charge in [-0.25, -0.2) is 0 Å². The molecule has 1 N–H and O–H groups in total. The Morgan fingerprint density at radius 3 is 2.47 bits per heavy atom. The van der Waals surface area contributed by atoms with Crippen LogP contribution in [0.4, 0.5) is 0 Å². The van der Waals surface area contributed by atoms with Gasteiger partial charge < -0.3 is 9.94 Å². The molecule has 0 saturated heterocycles. The molecule has 1 unspecified atom stereocenters. The van der Waals surface area contributed by atoms with Crippen LogP contribution in [0.2, 0.25) is 0 Å². The van der Waals surface area contributed by atoms with Crippen molar-refractivity contribution in [2.24, 2.45) is 17.0 Å². The summed E-state index contributed by atoms with van der Waals surface area (Å²) in [6.07, 6.45) is 5.11. The van der Waals surface area contributed by atoms with Gasteiger partial charge in [-0.2, -0.15) is 0 Å². The van der Waals surface area contributed by atoms with Crippen molar-refractivity contribution in [3.05, 3.63) is 0 Å². The molecule has 0 aromatic rings. The summed E-state index contributed by atoms with van der Waals surface area (Å²) in [5.41, 5.74) is 0. The summed E-state index contributed by atoms with van der Waals surface area (Å²) in [6.45, 7) is 4.35. The molecule has 0 aliphatic rings. The highest BCUT2D eigenvalue weighted by atomic mass is 16.5. The predicted molar refractivity (Wildman–Crippen MR) is 59.1 cm³/mol. The zero-order valence-electron chi connectivity index (χ0n) is 9.77. The quantitative estimate of drug-likeness (QED) is 0.233. The van der Waals surface area contributed by atoms with Gasteiger partial charge in [0.25, 0.3) is 0 Å². The van der Waals surface area contributed by atoms with Crippen LogP contribution in [0.1, 0.15) is 39.5 Å². The Morgan fingerprint density at radius 1 is 1.40 bits per heavy atom. The van der Waals surface area contributed by atoms with Crippen molar-refractivity contribution in [1.29, 1.82) is 0 Å². The highest BCUT2D eigenvalue weighted by Gasteiger charge is 2.16. The van der Waals surface area contributed by atoms with Crippen LogP contribution in [-0.2, 0) is 9.53 Å². The molecule has 0 fully saturated rings. The van der Waals surface area contributed by atoms with Crippen molar-refractivity contribution in [3.63, 3.8) is 0 Å². The number of carbonyl (C=O) groups is 1. The van der Waals surface area contributed by atoms with Crippen molar-refractivity contribution < 1.29 is 14.7 Å². The largest absolute Gasteiger partial charge is 0.469 e. The molecule has 15 heavy (non-hydrogen) atoms. The first-order chi connectivity index (χ1) is 7.11. The number of unbranched alkanes of at least 4 members (excludes halogenated alkanes) is 1. The Bertz CT molecular complexity index is 202. The summed E-state index contributed by atoms with van der Waals surface area (Å²) < 4.78 is 4.60. The Morgan fingerprint density at radius 2 is 2.00 bits per heavy atom. The molecule has 0 aromatic heterocycles. The normalized spacial score (nSPS) is 13.3. The molecule has 0 aliphatic heterocycles. The summed E-state index contributed by atoms with van der Waals surface area (Å²) in [5.74, 6) is -0.0578. The molecular formula is C11H21NO3. The van der Waals surface area contributed by atoms with E-state index >= 15 is 0 Å². The molecule has 0 saturated carbocycles. The van der Waals surface area contributed by atoms with Crippen LogP contribution in [0.5, 0.6) is 0 Å². The molecule has 0 rings (SSSR count). The number of hydrogen-bond donors (Lipinski definition) is 1. The predicted octanol–water partition coefficient (Wildman–Crippen LogP) is 2.45. The lowest BCUT2D eigenvalue weighted by Crippen LogP contribution is -2.17. The molecule has 0 aromatic carbocycles. The third kappa shape index (κ3) is 6.94. The molecule has 0 radical (unpaired) electrons. The van der Waals surface area contributed by atoms with Crippen LogP contribution in [0.3, 0.4) is 0 Å². The number of carbonyl (C=O) groups excluding carboxylic acids is 1. The maximum absolute atomic E-state index is 11.2. The Hall–Kier alpha value is -1.06. The zero-order chi connectivity index (χ0) is 11.7. The fourth-order valence-corrected chi connectivity index (χ4v) is 1.40. The molecule has 0 spiro atoms. The van der Waals surface area contributed by atoms with Crippen molar-refractivity contribution >= 4 is 12.2 Å². The molecular weight excluding hydrogens is 194 g/mol. The highest BCUT2D eigenvalue weighted by molar-refractivity contribution is 5.89. The van der Waals surface area contributed by atoms with Crippen molar-refractivity contribution in [3.8, 4) is 0 Å². The standard InChI is InChI=1S/C11H21NO3/c1-9(2)6-4-5-7-10(8-12-14)11(13)15-3/h8-10,14H,4-7H2,1-3H3/b12-8-. The highest BCUT2D eigenvalue weighted by Crippen LogP contribution is 2.13. The average molecular weight is 215 g/mol. The van der Waals surface area contributed by atoms with Crippen LogP contribution in [0.15, 0.2) is 5.16 Å². The van der Waals surface area contributed by atoms with Gasteiger partial charge in [-0.15, -0.1) is 5.16 Å². The van der Waals surface area contributed by atoms with Crippen LogP contribution in [0, 0.1) is 11.8 Å². The van der Waals surface area contributed by atoms with Crippen LogP contribution in [0.25, 0.3) is 0 Å². The van der Waals surface area contributed by atoms with E-state index < -0.39 is 5.92 Å². The second-order valence-corrected chi connectivity index (χ2v) is 4.07. The Balaban J connectivity index is 3.81. The SMILES string of the molecule is COC(=O)C(/C=N\O)CCCCC(C)C. The molecule has 1 atom stereocenters. The fourth-order valence-electron chi connectivity index (χ4n) is 1.40. The second kappa shape index (κ2) is 8.26. The van der Waals surface area contributed by atoms with Gasteiger partial charge in [0.2, 0.25) is 0 Å². The van der Waals surface area contributed by atoms with E-state index in [-0.39, 0.29) is 5.97 Å². The average Bonchev–Trinajstić information content (AvgIpc) is 2.21. The molecule has 0 bridgehead atoms. The summed E-state index contributed by atoms with van der Waals surface area (Å²) in [5, 5.41) is 11.3. The lowest BCUT2D eigenvalue weighted by molar-refractivity contribution is -0.143. The smallest absolute Gasteiger partial charge is 0.314 e. The Kier molecular flexibility index (Phi) is 7.68. The number of nitrogens with zero attached hydrogens (tertiary/aromatic N) is 1. The van der Waals surface area contributed by atoms with Gasteiger partial charge in [-0.3, -0.25) is 4.79 Å². The van der Waals surface area contributed by atoms with Crippen LogP contribution < -0.4 is 0 Å². The van der Waals surface area contributed by atoms with Crippen molar-refractivity contribution in [2.45, 2.75) is 39.5 Å². The van der Waals surface area contributed by atoms with E-state index in [0.29, 0.717) is 12.3 Å². The van der Waals surface area contributed by atoms with Gasteiger partial charge in [-0.1, -0.05) is 33.1 Å². The van der Waals surface area contributed by atoms with E-state index in [1.54, 1.807) is 0 Å². The van der Waals surface area contributed by atoms with Crippen molar-refractivity contribution in [1.82, 2.24) is 0 Å². The number of methoxy groups -OCH3 is 1. The summed E-state index contributed by atoms with van der Waals surface area (Å²) in [7, 11) is 1.34.